The number of hydrogen-bond acceptors (Lipinski definition) is 2. The van der Waals surface area contributed by atoms with Crippen molar-refractivity contribution < 1.29 is 13.5 Å². The zero-order chi connectivity index (χ0) is 8.69. The first kappa shape index (κ1) is 10.5. The van der Waals surface area contributed by atoms with E-state index in [-0.39, 0.29) is 11.7 Å². The fraction of sp³-hybridized carbons (Fsp3) is 0.800. The van der Waals surface area contributed by atoms with Gasteiger partial charge >= 0.3 is 0 Å². The lowest BCUT2D eigenvalue weighted by Gasteiger charge is -2.04. The Morgan fingerprint density at radius 2 is 2.27 bits per heavy atom. The Hall–Kier alpha value is -0.490. The van der Waals surface area contributed by atoms with Gasteiger partial charge in [-0.1, -0.05) is 0 Å². The molecule has 3 nitrogen and oxygen atoms in total. The topological polar surface area (TPSA) is 47.3 Å². The zero-order valence-electron chi connectivity index (χ0n) is 5.85. The molecular formula is C5H10F2N2OS. The molecule has 0 unspecified atom stereocenters. The third-order valence-electron chi connectivity index (χ3n) is 0.789. The van der Waals surface area contributed by atoms with E-state index in [4.69, 9.17) is 5.73 Å². The molecule has 0 aliphatic rings. The van der Waals surface area contributed by atoms with E-state index in [0.29, 0.717) is 6.54 Å². The Labute approximate surface area is 68.9 Å². The molecular weight excluding hydrogens is 174 g/mol. The van der Waals surface area contributed by atoms with E-state index in [1.54, 1.807) is 0 Å². The summed E-state index contributed by atoms with van der Waals surface area (Å²) in [5, 5.41) is 2.70. The molecule has 0 fully saturated rings. The normalized spacial score (nSPS) is 10.1. The lowest BCUT2D eigenvalue weighted by Crippen LogP contribution is -2.32. The molecule has 0 atom stereocenters. The van der Waals surface area contributed by atoms with Crippen molar-refractivity contribution in [1.82, 2.24) is 5.32 Å². The molecule has 0 aliphatic carbocycles. The molecule has 0 radical (unpaired) electrons. The fourth-order valence-electron chi connectivity index (χ4n) is 0.419. The molecule has 0 aromatic heterocycles. The van der Waals surface area contributed by atoms with Crippen LogP contribution in [0.5, 0.6) is 0 Å². The van der Waals surface area contributed by atoms with Crippen LogP contribution in [0.3, 0.4) is 0 Å². The molecule has 0 aromatic carbocycles. The van der Waals surface area contributed by atoms with Gasteiger partial charge in [0.25, 0.3) is 6.43 Å². The van der Waals surface area contributed by atoms with Gasteiger partial charge in [0.05, 0.1) is 6.61 Å². The van der Waals surface area contributed by atoms with Gasteiger partial charge in [-0.25, -0.2) is 8.78 Å². The highest BCUT2D eigenvalue weighted by Crippen LogP contribution is 1.90. The number of hydrogen-bond donors (Lipinski definition) is 2. The first-order chi connectivity index (χ1) is 5.13. The summed E-state index contributed by atoms with van der Waals surface area (Å²) >= 11 is 4.46. The number of halogens is 2. The Morgan fingerprint density at radius 1 is 1.64 bits per heavy atom. The number of rotatable bonds is 5. The number of ether oxygens (including phenoxy) is 1. The predicted octanol–water partition coefficient (Wildman–Crippen LogP) is 0.101. The second-order valence-corrected chi connectivity index (χ2v) is 2.20. The largest absolute Gasteiger partial charge is 0.376 e. The molecule has 0 saturated heterocycles. The van der Waals surface area contributed by atoms with Crippen molar-refractivity contribution in [1.29, 1.82) is 0 Å². The smallest absolute Gasteiger partial charge is 0.261 e. The molecule has 0 bridgehead atoms. The molecule has 0 saturated carbocycles. The highest BCUT2D eigenvalue weighted by Gasteiger charge is 2.00. The van der Waals surface area contributed by atoms with Crippen LogP contribution in [0.2, 0.25) is 0 Å². The van der Waals surface area contributed by atoms with E-state index < -0.39 is 13.0 Å². The van der Waals surface area contributed by atoms with Crippen molar-refractivity contribution in [3.05, 3.63) is 0 Å². The third kappa shape index (κ3) is 9.51. The van der Waals surface area contributed by atoms with Gasteiger partial charge in [-0.15, -0.1) is 0 Å². The van der Waals surface area contributed by atoms with Gasteiger partial charge in [-0.2, -0.15) is 0 Å². The zero-order valence-corrected chi connectivity index (χ0v) is 6.66. The second-order valence-electron chi connectivity index (χ2n) is 1.76. The maximum atomic E-state index is 11.4. The molecule has 0 spiro atoms. The van der Waals surface area contributed by atoms with Crippen molar-refractivity contribution in [3.63, 3.8) is 0 Å². The van der Waals surface area contributed by atoms with Gasteiger partial charge in [-0.3, -0.25) is 0 Å². The van der Waals surface area contributed by atoms with Gasteiger partial charge in [0.2, 0.25) is 0 Å². The first-order valence-corrected chi connectivity index (χ1v) is 3.43. The average Bonchev–Trinajstić information content (AvgIpc) is 1.85. The summed E-state index contributed by atoms with van der Waals surface area (Å²) in [6.45, 7) is 0.00272. The Balaban J connectivity index is 2.97. The molecule has 0 amide bonds. The third-order valence-corrected chi connectivity index (χ3v) is 0.934. The Morgan fingerprint density at radius 3 is 2.73 bits per heavy atom. The Bertz CT molecular complexity index is 123. The van der Waals surface area contributed by atoms with Gasteiger partial charge in [0.1, 0.15) is 6.61 Å². The summed E-state index contributed by atoms with van der Waals surface area (Å²) in [7, 11) is 0. The van der Waals surface area contributed by atoms with Gasteiger partial charge < -0.3 is 15.8 Å². The number of nitrogens with one attached hydrogen (secondary N) is 1. The van der Waals surface area contributed by atoms with Gasteiger partial charge in [0.15, 0.2) is 5.11 Å². The van der Waals surface area contributed by atoms with Crippen LogP contribution in [-0.2, 0) is 4.74 Å². The average molecular weight is 184 g/mol. The minimum Gasteiger partial charge on any atom is -0.376 e. The van der Waals surface area contributed by atoms with E-state index in [9.17, 15) is 8.78 Å². The molecule has 0 aromatic rings. The molecule has 11 heavy (non-hydrogen) atoms. The minimum atomic E-state index is -2.42. The van der Waals surface area contributed by atoms with E-state index in [2.05, 4.69) is 22.3 Å². The monoisotopic (exact) mass is 184 g/mol. The number of nitrogens with two attached hydrogens (primary N) is 1. The van der Waals surface area contributed by atoms with E-state index >= 15 is 0 Å². The van der Waals surface area contributed by atoms with Crippen molar-refractivity contribution in [2.24, 2.45) is 5.73 Å². The predicted molar refractivity (Wildman–Crippen MR) is 41.6 cm³/mol. The van der Waals surface area contributed by atoms with Crippen LogP contribution in [-0.4, -0.2) is 31.3 Å². The maximum Gasteiger partial charge on any atom is 0.261 e. The summed E-state index contributed by atoms with van der Waals surface area (Å²) in [5.41, 5.74) is 5.05. The summed E-state index contributed by atoms with van der Waals surface area (Å²) in [4.78, 5) is 0. The molecule has 66 valence electrons. The van der Waals surface area contributed by atoms with Gasteiger partial charge in [-0.05, 0) is 12.2 Å². The molecule has 0 heterocycles. The number of alkyl halides is 2. The van der Waals surface area contributed by atoms with Crippen molar-refractivity contribution in [3.8, 4) is 0 Å². The summed E-state index contributed by atoms with van der Waals surface area (Å²) in [6.07, 6.45) is -2.42. The van der Waals surface area contributed by atoms with Crippen LogP contribution in [0.1, 0.15) is 0 Å². The van der Waals surface area contributed by atoms with Crippen LogP contribution >= 0.6 is 12.2 Å². The fourth-order valence-corrected chi connectivity index (χ4v) is 0.521. The van der Waals surface area contributed by atoms with Crippen molar-refractivity contribution in [2.45, 2.75) is 6.43 Å². The van der Waals surface area contributed by atoms with Gasteiger partial charge in [0, 0.05) is 6.54 Å². The number of thiocarbonyl (C=S) groups is 1. The first-order valence-electron chi connectivity index (χ1n) is 3.02. The van der Waals surface area contributed by atoms with Crippen LogP contribution in [0, 0.1) is 0 Å². The minimum absolute atomic E-state index is 0.144. The highest BCUT2D eigenvalue weighted by atomic mass is 32.1. The second kappa shape index (κ2) is 6.23. The van der Waals surface area contributed by atoms with E-state index in [0.717, 1.165) is 0 Å². The quantitative estimate of drug-likeness (QED) is 0.470. The highest BCUT2D eigenvalue weighted by molar-refractivity contribution is 7.80. The van der Waals surface area contributed by atoms with Crippen molar-refractivity contribution in [2.75, 3.05) is 19.8 Å². The Kier molecular flexibility index (Phi) is 5.96. The molecule has 6 heteroatoms. The summed E-state index contributed by atoms with van der Waals surface area (Å²) in [5.74, 6) is 0. The maximum absolute atomic E-state index is 11.4. The lowest BCUT2D eigenvalue weighted by molar-refractivity contribution is 0.0197. The van der Waals surface area contributed by atoms with Crippen LogP contribution in [0.4, 0.5) is 8.78 Å². The van der Waals surface area contributed by atoms with Crippen molar-refractivity contribution >= 4 is 17.3 Å². The SMILES string of the molecule is NC(=S)NCCOCC(F)F. The molecule has 0 rings (SSSR count). The summed E-state index contributed by atoms with van der Waals surface area (Å²) < 4.78 is 27.4. The van der Waals surface area contributed by atoms with Crippen LogP contribution < -0.4 is 11.1 Å². The van der Waals surface area contributed by atoms with Crippen LogP contribution in [0.25, 0.3) is 0 Å². The lowest BCUT2D eigenvalue weighted by atomic mass is 10.6. The summed E-state index contributed by atoms with van der Waals surface area (Å²) in [6, 6.07) is 0. The molecule has 0 aliphatic heterocycles. The standard InChI is InChI=1S/C5H10F2N2OS/c6-4(7)3-10-2-1-9-5(8)11/h4H,1-3H2,(H3,8,9,11). The van der Waals surface area contributed by atoms with E-state index in [1.165, 1.54) is 0 Å². The van der Waals surface area contributed by atoms with Crippen LogP contribution in [0.15, 0.2) is 0 Å². The van der Waals surface area contributed by atoms with E-state index in [1.807, 2.05) is 0 Å². The molecule has 3 N–H and O–H groups in total.